The monoisotopic (exact) mass is 382 g/mol. The van der Waals surface area contributed by atoms with Crippen molar-refractivity contribution in [2.24, 2.45) is 11.8 Å². The number of hydrogen-bond acceptors (Lipinski definition) is 6. The molecule has 0 spiro atoms. The van der Waals surface area contributed by atoms with E-state index in [2.05, 4.69) is 5.32 Å². The average molecular weight is 382 g/mol. The van der Waals surface area contributed by atoms with E-state index in [-0.39, 0.29) is 5.75 Å². The number of methoxy groups -OCH3 is 1. The molecule has 8 nitrogen and oxygen atoms in total. The van der Waals surface area contributed by atoms with Crippen LogP contribution in [0.4, 0.5) is 5.69 Å². The van der Waals surface area contributed by atoms with Gasteiger partial charge in [-0.15, -0.1) is 0 Å². The van der Waals surface area contributed by atoms with Crippen molar-refractivity contribution in [3.8, 4) is 11.5 Å². The van der Waals surface area contributed by atoms with E-state index in [0.717, 1.165) is 4.90 Å². The van der Waals surface area contributed by atoms with Crippen LogP contribution in [-0.4, -0.2) is 41.1 Å². The van der Waals surface area contributed by atoms with Crippen molar-refractivity contribution in [2.75, 3.05) is 12.0 Å². The Morgan fingerprint density at radius 1 is 1.04 bits per heavy atom. The van der Waals surface area contributed by atoms with Gasteiger partial charge >= 0.3 is 5.97 Å². The second-order valence-corrected chi connectivity index (χ2v) is 6.78. The number of para-hydroxylation sites is 1. The molecule has 4 rings (SSSR count). The number of carbonyl (C=O) groups excluding carboxylic acids is 2. The molecule has 2 saturated heterocycles. The molecule has 0 aromatic heterocycles. The van der Waals surface area contributed by atoms with Crippen LogP contribution >= 0.6 is 0 Å². The number of amides is 2. The molecular formula is C20H18N2O6. The maximum absolute atomic E-state index is 13.2. The third-order valence-corrected chi connectivity index (χ3v) is 5.34. The Morgan fingerprint density at radius 3 is 2.29 bits per heavy atom. The number of carboxylic acids is 1. The summed E-state index contributed by atoms with van der Waals surface area (Å²) in [6, 6.07) is 10.8. The highest BCUT2D eigenvalue weighted by atomic mass is 16.5. The number of nitrogens with one attached hydrogen (secondary N) is 1. The zero-order valence-corrected chi connectivity index (χ0v) is 14.9. The maximum Gasteiger partial charge on any atom is 0.321 e. The molecule has 0 aliphatic carbocycles. The van der Waals surface area contributed by atoms with Crippen molar-refractivity contribution in [1.82, 2.24) is 5.32 Å². The van der Waals surface area contributed by atoms with Gasteiger partial charge in [0.15, 0.2) is 0 Å². The van der Waals surface area contributed by atoms with Crippen molar-refractivity contribution in [3.05, 3.63) is 54.1 Å². The lowest BCUT2D eigenvalue weighted by molar-refractivity contribution is -0.142. The van der Waals surface area contributed by atoms with Crippen molar-refractivity contribution in [2.45, 2.75) is 12.1 Å². The van der Waals surface area contributed by atoms with Gasteiger partial charge in [-0.3, -0.25) is 19.7 Å². The lowest BCUT2D eigenvalue weighted by atomic mass is 9.86. The number of phenols is 1. The molecule has 4 unspecified atom stereocenters. The van der Waals surface area contributed by atoms with E-state index in [4.69, 9.17) is 4.74 Å². The Kier molecular flexibility index (Phi) is 4.27. The fraction of sp³-hybridized carbons (Fsp3) is 0.250. The van der Waals surface area contributed by atoms with Gasteiger partial charge in [-0.05, 0) is 30.3 Å². The van der Waals surface area contributed by atoms with Crippen molar-refractivity contribution >= 4 is 23.5 Å². The van der Waals surface area contributed by atoms with Gasteiger partial charge < -0.3 is 14.9 Å². The minimum atomic E-state index is -1.23. The molecule has 8 heteroatoms. The number of aliphatic carboxylic acids is 1. The zero-order valence-electron chi connectivity index (χ0n) is 14.9. The van der Waals surface area contributed by atoms with Gasteiger partial charge in [0.2, 0.25) is 11.8 Å². The summed E-state index contributed by atoms with van der Waals surface area (Å²) in [5, 5.41) is 22.7. The predicted octanol–water partition coefficient (Wildman–Crippen LogP) is 1.30. The van der Waals surface area contributed by atoms with E-state index >= 15 is 0 Å². The number of anilines is 1. The normalized spacial score (nSPS) is 26.4. The molecule has 0 saturated carbocycles. The van der Waals surface area contributed by atoms with Crippen LogP contribution in [0.25, 0.3) is 0 Å². The quantitative estimate of drug-likeness (QED) is 0.683. The molecule has 4 atom stereocenters. The number of rotatable bonds is 4. The first-order valence-electron chi connectivity index (χ1n) is 8.72. The molecule has 144 valence electrons. The first-order valence-corrected chi connectivity index (χ1v) is 8.72. The second-order valence-electron chi connectivity index (χ2n) is 6.78. The van der Waals surface area contributed by atoms with Gasteiger partial charge in [-0.1, -0.05) is 18.2 Å². The van der Waals surface area contributed by atoms with Crippen LogP contribution in [0.2, 0.25) is 0 Å². The average Bonchev–Trinajstić information content (AvgIpc) is 3.20. The second kappa shape index (κ2) is 6.65. The topological polar surface area (TPSA) is 116 Å². The van der Waals surface area contributed by atoms with Crippen molar-refractivity contribution < 1.29 is 29.3 Å². The Morgan fingerprint density at radius 2 is 1.68 bits per heavy atom. The number of nitrogens with zero attached hydrogens (tertiary/aromatic N) is 1. The van der Waals surface area contributed by atoms with Crippen LogP contribution in [0.1, 0.15) is 11.6 Å². The number of carbonyl (C=O) groups is 3. The highest BCUT2D eigenvalue weighted by Gasteiger charge is 2.61. The van der Waals surface area contributed by atoms with Gasteiger partial charge in [0.25, 0.3) is 0 Å². The number of fused-ring (bicyclic) bond motifs is 1. The lowest BCUT2D eigenvalue weighted by Gasteiger charge is -2.22. The molecule has 2 aromatic rings. The van der Waals surface area contributed by atoms with E-state index < -0.39 is 41.7 Å². The molecule has 2 amide bonds. The minimum Gasteiger partial charge on any atom is -0.508 e. The SMILES string of the molecule is COc1ccc(N2C(=O)C3C(C(=O)O)NC(c4ccccc4O)C3C2=O)cc1. The van der Waals surface area contributed by atoms with Gasteiger partial charge in [-0.2, -0.15) is 0 Å². The summed E-state index contributed by atoms with van der Waals surface area (Å²) in [7, 11) is 1.51. The van der Waals surface area contributed by atoms with E-state index in [1.807, 2.05) is 0 Å². The smallest absolute Gasteiger partial charge is 0.321 e. The van der Waals surface area contributed by atoms with E-state index in [0.29, 0.717) is 17.0 Å². The summed E-state index contributed by atoms with van der Waals surface area (Å²) in [4.78, 5) is 39.0. The van der Waals surface area contributed by atoms with Crippen LogP contribution in [0, 0.1) is 11.8 Å². The lowest BCUT2D eigenvalue weighted by Crippen LogP contribution is -2.43. The summed E-state index contributed by atoms with van der Waals surface area (Å²) < 4.78 is 5.09. The zero-order chi connectivity index (χ0) is 20.0. The largest absolute Gasteiger partial charge is 0.508 e. The number of ether oxygens (including phenoxy) is 1. The number of imide groups is 1. The van der Waals surface area contributed by atoms with Crippen LogP contribution in [0.5, 0.6) is 11.5 Å². The molecule has 2 fully saturated rings. The molecular weight excluding hydrogens is 364 g/mol. The summed E-state index contributed by atoms with van der Waals surface area (Å²) >= 11 is 0. The molecule has 2 heterocycles. The van der Waals surface area contributed by atoms with Gasteiger partial charge in [-0.25, -0.2) is 4.90 Å². The van der Waals surface area contributed by atoms with Crippen molar-refractivity contribution in [1.29, 1.82) is 0 Å². The number of carboxylic acid groups (broad SMARTS) is 1. The number of phenolic OH excluding ortho intramolecular Hbond substituents is 1. The Hall–Kier alpha value is -3.39. The van der Waals surface area contributed by atoms with Crippen LogP contribution in [-0.2, 0) is 14.4 Å². The van der Waals surface area contributed by atoms with E-state index in [9.17, 15) is 24.6 Å². The van der Waals surface area contributed by atoms with E-state index in [1.54, 1.807) is 42.5 Å². The molecule has 2 aliphatic heterocycles. The summed E-state index contributed by atoms with van der Waals surface area (Å²) in [5.74, 6) is -3.76. The van der Waals surface area contributed by atoms with Crippen LogP contribution in [0.15, 0.2) is 48.5 Å². The first-order chi connectivity index (χ1) is 13.4. The molecule has 0 radical (unpaired) electrons. The maximum atomic E-state index is 13.2. The molecule has 0 bridgehead atoms. The molecule has 3 N–H and O–H groups in total. The standard InChI is InChI=1S/C20H18N2O6/c1-28-11-8-6-10(7-9-11)22-18(24)14-15(19(22)25)17(20(26)27)21-16(14)12-4-2-3-5-13(12)23/h2-9,14-17,21,23H,1H3,(H,26,27). The Labute approximate surface area is 160 Å². The summed E-state index contributed by atoms with van der Waals surface area (Å²) in [6.45, 7) is 0. The fourth-order valence-electron chi connectivity index (χ4n) is 4.06. The first kappa shape index (κ1) is 18.0. The van der Waals surface area contributed by atoms with Crippen LogP contribution < -0.4 is 15.0 Å². The van der Waals surface area contributed by atoms with Gasteiger partial charge in [0, 0.05) is 11.6 Å². The minimum absolute atomic E-state index is 0.0621. The van der Waals surface area contributed by atoms with Gasteiger partial charge in [0.1, 0.15) is 17.5 Å². The third kappa shape index (κ3) is 2.61. The highest BCUT2D eigenvalue weighted by molar-refractivity contribution is 6.23. The number of benzene rings is 2. The molecule has 2 aliphatic rings. The third-order valence-electron chi connectivity index (χ3n) is 5.34. The highest BCUT2D eigenvalue weighted by Crippen LogP contribution is 2.47. The fourth-order valence-corrected chi connectivity index (χ4v) is 4.06. The Bertz CT molecular complexity index is 957. The molecule has 2 aromatic carbocycles. The predicted molar refractivity (Wildman–Crippen MR) is 97.9 cm³/mol. The number of hydrogen-bond donors (Lipinski definition) is 3. The Balaban J connectivity index is 1.76. The number of aromatic hydroxyl groups is 1. The van der Waals surface area contributed by atoms with Gasteiger partial charge in [0.05, 0.1) is 24.6 Å². The van der Waals surface area contributed by atoms with Crippen LogP contribution in [0.3, 0.4) is 0 Å². The van der Waals surface area contributed by atoms with E-state index in [1.165, 1.54) is 13.2 Å². The summed E-state index contributed by atoms with van der Waals surface area (Å²) in [5.41, 5.74) is 0.740. The molecule has 28 heavy (non-hydrogen) atoms. The van der Waals surface area contributed by atoms with Crippen molar-refractivity contribution in [3.63, 3.8) is 0 Å². The summed E-state index contributed by atoms with van der Waals surface area (Å²) in [6.07, 6.45) is 0.